The van der Waals surface area contributed by atoms with Crippen LogP contribution in [-0.2, 0) is 9.84 Å². The standard InChI is InChI=1S/C12H14BrClO3S/c1-2-18(16,17)5-3-4-12(15)9-6-10(13)8-11(14)7-9/h6-8H,2-5H2,1H3. The number of hydrogen-bond donors (Lipinski definition) is 0. The molecule has 6 heteroatoms. The molecule has 0 fully saturated rings. The fourth-order valence-electron chi connectivity index (χ4n) is 1.46. The molecule has 18 heavy (non-hydrogen) atoms. The van der Waals surface area contributed by atoms with E-state index in [-0.39, 0.29) is 23.7 Å². The number of hydrogen-bond acceptors (Lipinski definition) is 3. The minimum Gasteiger partial charge on any atom is -0.294 e. The van der Waals surface area contributed by atoms with Gasteiger partial charge in [0.2, 0.25) is 0 Å². The van der Waals surface area contributed by atoms with Crippen molar-refractivity contribution in [3.8, 4) is 0 Å². The number of ketones is 1. The molecule has 3 nitrogen and oxygen atoms in total. The van der Waals surface area contributed by atoms with E-state index in [0.29, 0.717) is 17.0 Å². The predicted molar refractivity (Wildman–Crippen MR) is 77.0 cm³/mol. The lowest BCUT2D eigenvalue weighted by molar-refractivity contribution is 0.0982. The normalized spacial score (nSPS) is 11.5. The van der Waals surface area contributed by atoms with Gasteiger partial charge in [-0.25, -0.2) is 8.42 Å². The van der Waals surface area contributed by atoms with Crippen molar-refractivity contribution >= 4 is 43.2 Å². The zero-order valence-corrected chi connectivity index (χ0v) is 13.1. The fraction of sp³-hybridized carbons (Fsp3) is 0.417. The Morgan fingerprint density at radius 3 is 2.56 bits per heavy atom. The number of benzene rings is 1. The lowest BCUT2D eigenvalue weighted by atomic mass is 10.1. The first-order chi connectivity index (χ1) is 8.34. The lowest BCUT2D eigenvalue weighted by Gasteiger charge is -2.03. The first kappa shape index (κ1) is 15.7. The topological polar surface area (TPSA) is 51.2 Å². The lowest BCUT2D eigenvalue weighted by Crippen LogP contribution is -2.10. The van der Waals surface area contributed by atoms with E-state index in [2.05, 4.69) is 15.9 Å². The molecule has 1 aromatic carbocycles. The van der Waals surface area contributed by atoms with Gasteiger partial charge in [0.1, 0.15) is 9.84 Å². The van der Waals surface area contributed by atoms with Crippen molar-refractivity contribution in [2.75, 3.05) is 11.5 Å². The molecule has 100 valence electrons. The molecule has 0 spiro atoms. The summed E-state index contributed by atoms with van der Waals surface area (Å²) in [6.07, 6.45) is 0.561. The second kappa shape index (κ2) is 6.68. The van der Waals surface area contributed by atoms with Gasteiger partial charge < -0.3 is 0 Å². The fourth-order valence-corrected chi connectivity index (χ4v) is 3.19. The second-order valence-corrected chi connectivity index (χ2v) is 7.75. The van der Waals surface area contributed by atoms with Gasteiger partial charge in [0.25, 0.3) is 0 Å². The van der Waals surface area contributed by atoms with Gasteiger partial charge in [-0.15, -0.1) is 0 Å². The molecule has 1 aromatic rings. The zero-order chi connectivity index (χ0) is 13.8. The summed E-state index contributed by atoms with van der Waals surface area (Å²) in [5.74, 6) is 0.0745. The Kier molecular flexibility index (Phi) is 5.82. The molecule has 0 saturated carbocycles. The van der Waals surface area contributed by atoms with Gasteiger partial charge in [-0.05, 0) is 24.6 Å². The third kappa shape index (κ3) is 5.08. The highest BCUT2D eigenvalue weighted by molar-refractivity contribution is 9.10. The third-order valence-electron chi connectivity index (χ3n) is 2.48. The molecule has 0 aliphatic carbocycles. The van der Waals surface area contributed by atoms with Gasteiger partial charge in [0.15, 0.2) is 5.78 Å². The Bertz CT molecular complexity index is 520. The van der Waals surface area contributed by atoms with E-state index in [0.717, 1.165) is 4.47 Å². The number of carbonyl (C=O) groups excluding carboxylic acids is 1. The molecule has 0 unspecified atom stereocenters. The van der Waals surface area contributed by atoms with Crippen LogP contribution in [0.15, 0.2) is 22.7 Å². The molecule has 0 radical (unpaired) electrons. The maximum absolute atomic E-state index is 11.8. The largest absolute Gasteiger partial charge is 0.294 e. The SMILES string of the molecule is CCS(=O)(=O)CCCC(=O)c1cc(Cl)cc(Br)c1. The van der Waals surface area contributed by atoms with E-state index < -0.39 is 9.84 Å². The summed E-state index contributed by atoms with van der Waals surface area (Å²) in [5.41, 5.74) is 0.503. The molecule has 0 amide bonds. The van der Waals surface area contributed by atoms with Crippen LogP contribution in [0.2, 0.25) is 5.02 Å². The van der Waals surface area contributed by atoms with Gasteiger partial charge in [-0.2, -0.15) is 0 Å². The molecule has 0 heterocycles. The number of carbonyl (C=O) groups is 1. The van der Waals surface area contributed by atoms with Crippen molar-refractivity contribution in [2.24, 2.45) is 0 Å². The highest BCUT2D eigenvalue weighted by Gasteiger charge is 2.11. The van der Waals surface area contributed by atoms with Crippen molar-refractivity contribution in [3.05, 3.63) is 33.3 Å². The third-order valence-corrected chi connectivity index (χ3v) is 4.95. The van der Waals surface area contributed by atoms with Crippen molar-refractivity contribution in [1.29, 1.82) is 0 Å². The maximum atomic E-state index is 11.8. The van der Waals surface area contributed by atoms with E-state index in [1.165, 1.54) is 0 Å². The summed E-state index contributed by atoms with van der Waals surface area (Å²) in [6.45, 7) is 1.60. The van der Waals surface area contributed by atoms with Crippen LogP contribution in [0.25, 0.3) is 0 Å². The van der Waals surface area contributed by atoms with Crippen LogP contribution in [0.4, 0.5) is 0 Å². The van der Waals surface area contributed by atoms with Crippen molar-refractivity contribution in [2.45, 2.75) is 19.8 Å². The van der Waals surface area contributed by atoms with Crippen molar-refractivity contribution in [3.63, 3.8) is 0 Å². The number of rotatable bonds is 6. The zero-order valence-electron chi connectivity index (χ0n) is 9.95. The molecule has 0 bridgehead atoms. The molecule has 1 rings (SSSR count). The van der Waals surface area contributed by atoms with Crippen LogP contribution in [0.3, 0.4) is 0 Å². The Balaban J connectivity index is 2.61. The van der Waals surface area contributed by atoms with Crippen molar-refractivity contribution < 1.29 is 13.2 Å². The summed E-state index contributed by atoms with van der Waals surface area (Å²) in [6, 6.07) is 4.96. The monoisotopic (exact) mass is 352 g/mol. The van der Waals surface area contributed by atoms with Crippen LogP contribution in [0.5, 0.6) is 0 Å². The van der Waals surface area contributed by atoms with E-state index in [4.69, 9.17) is 11.6 Å². The number of halogens is 2. The molecule has 0 atom stereocenters. The smallest absolute Gasteiger partial charge is 0.162 e. The number of Topliss-reactive ketones (excluding diaryl/α,β-unsaturated/α-hetero) is 1. The molecule has 0 aromatic heterocycles. The highest BCUT2D eigenvalue weighted by Crippen LogP contribution is 2.20. The first-order valence-electron chi connectivity index (χ1n) is 5.54. The van der Waals surface area contributed by atoms with Gasteiger partial charge in [-0.3, -0.25) is 4.79 Å². The van der Waals surface area contributed by atoms with Crippen LogP contribution < -0.4 is 0 Å². The summed E-state index contributed by atoms with van der Waals surface area (Å²) in [5, 5.41) is 0.480. The Morgan fingerprint density at radius 1 is 1.33 bits per heavy atom. The van der Waals surface area contributed by atoms with E-state index in [9.17, 15) is 13.2 Å². The summed E-state index contributed by atoms with van der Waals surface area (Å²) in [4.78, 5) is 11.8. The molecule has 0 aliphatic rings. The minimum atomic E-state index is -3.00. The Hall–Kier alpha value is -0.390. The highest BCUT2D eigenvalue weighted by atomic mass is 79.9. The molecular formula is C12H14BrClO3S. The second-order valence-electron chi connectivity index (χ2n) is 3.92. The van der Waals surface area contributed by atoms with Gasteiger partial charge in [0.05, 0.1) is 5.75 Å². The average molecular weight is 354 g/mol. The Labute approximate surface area is 121 Å². The molecular weight excluding hydrogens is 340 g/mol. The minimum absolute atomic E-state index is 0.0526. The summed E-state index contributed by atoms with van der Waals surface area (Å²) < 4.78 is 23.3. The molecule has 0 aliphatic heterocycles. The van der Waals surface area contributed by atoms with E-state index >= 15 is 0 Å². The van der Waals surface area contributed by atoms with Crippen LogP contribution in [0.1, 0.15) is 30.1 Å². The Morgan fingerprint density at radius 2 is 2.00 bits per heavy atom. The predicted octanol–water partition coefficient (Wildman–Crippen LogP) is 3.50. The molecule has 0 saturated heterocycles. The summed E-state index contributed by atoms with van der Waals surface area (Å²) >= 11 is 9.11. The van der Waals surface area contributed by atoms with E-state index in [1.807, 2.05) is 0 Å². The first-order valence-corrected chi connectivity index (χ1v) is 8.53. The molecule has 0 N–H and O–H groups in total. The van der Waals surface area contributed by atoms with Crippen molar-refractivity contribution in [1.82, 2.24) is 0 Å². The number of sulfone groups is 1. The van der Waals surface area contributed by atoms with Crippen LogP contribution in [0, 0.1) is 0 Å². The van der Waals surface area contributed by atoms with Gasteiger partial charge in [-0.1, -0.05) is 34.5 Å². The van der Waals surface area contributed by atoms with Gasteiger partial charge in [0, 0.05) is 27.2 Å². The quantitative estimate of drug-likeness (QED) is 0.735. The average Bonchev–Trinajstić information content (AvgIpc) is 2.27. The van der Waals surface area contributed by atoms with Crippen LogP contribution in [-0.4, -0.2) is 25.7 Å². The van der Waals surface area contributed by atoms with Gasteiger partial charge >= 0.3 is 0 Å². The summed E-state index contributed by atoms with van der Waals surface area (Å²) in [7, 11) is -3.00. The van der Waals surface area contributed by atoms with E-state index in [1.54, 1.807) is 25.1 Å². The maximum Gasteiger partial charge on any atom is 0.162 e. The van der Waals surface area contributed by atoms with Crippen LogP contribution >= 0.6 is 27.5 Å².